The van der Waals surface area contributed by atoms with Crippen LogP contribution in [0.4, 0.5) is 0 Å². The van der Waals surface area contributed by atoms with Crippen molar-refractivity contribution in [3.8, 4) is 5.69 Å². The van der Waals surface area contributed by atoms with Gasteiger partial charge in [0.05, 0.1) is 17.4 Å². The van der Waals surface area contributed by atoms with Gasteiger partial charge in [-0.05, 0) is 75.1 Å². The molecule has 2 aliphatic rings. The third kappa shape index (κ3) is 3.20. The Morgan fingerprint density at radius 2 is 2.11 bits per heavy atom. The van der Waals surface area contributed by atoms with E-state index in [0.717, 1.165) is 31.3 Å². The van der Waals surface area contributed by atoms with Gasteiger partial charge < -0.3 is 5.32 Å². The molecular formula is C21H25N5O2. The van der Waals surface area contributed by atoms with Crippen LogP contribution in [-0.4, -0.2) is 31.8 Å². The summed E-state index contributed by atoms with van der Waals surface area (Å²) in [5.74, 6) is 0.942. The van der Waals surface area contributed by atoms with Crippen LogP contribution in [0, 0.1) is 5.92 Å². The van der Waals surface area contributed by atoms with Crippen molar-refractivity contribution >= 4 is 5.52 Å². The number of hydrogen-bond acceptors (Lipinski definition) is 4. The van der Waals surface area contributed by atoms with Crippen LogP contribution >= 0.6 is 0 Å². The van der Waals surface area contributed by atoms with Crippen LogP contribution in [0.1, 0.15) is 49.7 Å². The summed E-state index contributed by atoms with van der Waals surface area (Å²) in [5, 5.41) is 7.91. The molecule has 1 saturated carbocycles. The average Bonchev–Trinajstić information content (AvgIpc) is 3.42. The Hall–Kier alpha value is -2.67. The second-order valence-electron chi connectivity index (χ2n) is 8.33. The number of rotatable bonds is 4. The molecule has 1 aliphatic carbocycles. The molecule has 2 fully saturated rings. The summed E-state index contributed by atoms with van der Waals surface area (Å²) in [5.41, 5.74) is 2.87. The van der Waals surface area contributed by atoms with Crippen LogP contribution in [0.3, 0.4) is 0 Å². The molecule has 7 nitrogen and oxygen atoms in total. The molecule has 2 N–H and O–H groups in total. The van der Waals surface area contributed by atoms with Crippen molar-refractivity contribution in [2.45, 2.75) is 51.0 Å². The van der Waals surface area contributed by atoms with Crippen molar-refractivity contribution < 1.29 is 0 Å². The minimum absolute atomic E-state index is 0.263. The summed E-state index contributed by atoms with van der Waals surface area (Å²) in [6.45, 7) is 3.31. The lowest BCUT2D eigenvalue weighted by molar-refractivity contribution is 0.314. The molecule has 1 aliphatic heterocycles. The third-order valence-corrected chi connectivity index (χ3v) is 6.07. The Bertz CT molecular complexity index is 1140. The number of piperidine rings is 1. The van der Waals surface area contributed by atoms with Gasteiger partial charge in [0.1, 0.15) is 0 Å². The molecule has 0 spiro atoms. The van der Waals surface area contributed by atoms with E-state index in [-0.39, 0.29) is 11.5 Å². The maximum absolute atomic E-state index is 12.5. The molecule has 0 aromatic carbocycles. The van der Waals surface area contributed by atoms with Crippen LogP contribution in [0.5, 0.6) is 0 Å². The fraction of sp³-hybridized carbons (Fsp3) is 0.476. The fourth-order valence-electron chi connectivity index (χ4n) is 4.43. The van der Waals surface area contributed by atoms with Crippen LogP contribution in [-0.2, 0) is 6.42 Å². The zero-order valence-corrected chi connectivity index (χ0v) is 16.0. The highest BCUT2D eigenvalue weighted by molar-refractivity contribution is 5.64. The highest BCUT2D eigenvalue weighted by Gasteiger charge is 2.27. The van der Waals surface area contributed by atoms with Gasteiger partial charge in [0.15, 0.2) is 0 Å². The number of H-pyrrole nitrogens is 1. The first-order valence-corrected chi connectivity index (χ1v) is 10.1. The van der Waals surface area contributed by atoms with Crippen LogP contribution in [0.2, 0.25) is 0 Å². The Morgan fingerprint density at radius 3 is 2.89 bits per heavy atom. The number of hydrogen-bond donors (Lipinski definition) is 2. The van der Waals surface area contributed by atoms with Crippen molar-refractivity contribution in [2.24, 2.45) is 5.92 Å². The van der Waals surface area contributed by atoms with Gasteiger partial charge in [0.2, 0.25) is 0 Å². The number of fused-ring (bicyclic) bond motifs is 1. The predicted molar refractivity (Wildman–Crippen MR) is 107 cm³/mol. The van der Waals surface area contributed by atoms with Crippen LogP contribution < -0.4 is 16.6 Å². The van der Waals surface area contributed by atoms with Crippen molar-refractivity contribution in [3.05, 3.63) is 62.7 Å². The molecule has 0 bridgehead atoms. The van der Waals surface area contributed by atoms with Gasteiger partial charge in [0, 0.05) is 24.0 Å². The Balaban J connectivity index is 1.53. The van der Waals surface area contributed by atoms with E-state index in [1.54, 1.807) is 16.9 Å². The van der Waals surface area contributed by atoms with Gasteiger partial charge in [0.25, 0.3) is 5.56 Å². The molecule has 146 valence electrons. The van der Waals surface area contributed by atoms with E-state index in [1.807, 2.05) is 6.20 Å². The first kappa shape index (κ1) is 17.4. The largest absolute Gasteiger partial charge is 0.333 e. The second-order valence-corrected chi connectivity index (χ2v) is 8.33. The molecule has 5 rings (SSSR count). The van der Waals surface area contributed by atoms with E-state index in [2.05, 4.69) is 34.5 Å². The van der Waals surface area contributed by atoms with Gasteiger partial charge in [-0.3, -0.25) is 14.3 Å². The minimum Gasteiger partial charge on any atom is -0.314 e. The van der Waals surface area contributed by atoms with Gasteiger partial charge in [-0.2, -0.15) is 5.10 Å². The first-order chi connectivity index (χ1) is 13.6. The van der Waals surface area contributed by atoms with E-state index in [4.69, 9.17) is 0 Å². The summed E-state index contributed by atoms with van der Waals surface area (Å²) in [7, 11) is 0. The molecule has 0 radical (unpaired) electrons. The highest BCUT2D eigenvalue weighted by atomic mass is 16.2. The van der Waals surface area contributed by atoms with E-state index < -0.39 is 5.69 Å². The quantitative estimate of drug-likeness (QED) is 0.726. The number of nitrogens with one attached hydrogen (secondary N) is 2. The number of aromatic nitrogens is 4. The zero-order valence-electron chi connectivity index (χ0n) is 16.0. The standard InChI is InChI=1S/C21H25N5O2/c1-13-8-14(4-6-22-13)9-15-5-7-26-18(10-15)19(11-23-26)25-12-17(16-2-3-16)20(27)24-21(25)28/h5,7,10-14,16,22H,2-4,6,8-9H2,1H3,(H,24,27,28)/t13-,14+/m0/s1. The molecule has 7 heteroatoms. The van der Waals surface area contributed by atoms with E-state index in [9.17, 15) is 9.59 Å². The summed E-state index contributed by atoms with van der Waals surface area (Å²) < 4.78 is 3.33. The summed E-state index contributed by atoms with van der Waals surface area (Å²) >= 11 is 0. The Labute approximate surface area is 162 Å². The lowest BCUT2D eigenvalue weighted by atomic mass is 9.88. The Morgan fingerprint density at radius 1 is 1.25 bits per heavy atom. The maximum atomic E-state index is 12.5. The normalized spacial score (nSPS) is 22.6. The SMILES string of the molecule is C[C@H]1C[C@H](Cc2ccn3ncc(-n4cc(C5CC5)c(=O)[nH]c4=O)c3c2)CCN1. The monoisotopic (exact) mass is 379 g/mol. The summed E-state index contributed by atoms with van der Waals surface area (Å²) in [6, 6.07) is 4.80. The van der Waals surface area contributed by atoms with Crippen molar-refractivity contribution in [1.82, 2.24) is 24.5 Å². The molecule has 3 aromatic rings. The van der Waals surface area contributed by atoms with Crippen molar-refractivity contribution in [2.75, 3.05) is 6.54 Å². The van der Waals surface area contributed by atoms with Crippen molar-refractivity contribution in [1.29, 1.82) is 0 Å². The van der Waals surface area contributed by atoms with Gasteiger partial charge in [-0.1, -0.05) is 0 Å². The molecule has 2 atom stereocenters. The van der Waals surface area contributed by atoms with Gasteiger partial charge in [-0.25, -0.2) is 9.31 Å². The van der Waals surface area contributed by atoms with Crippen LogP contribution in [0.15, 0.2) is 40.3 Å². The zero-order chi connectivity index (χ0) is 19.3. The predicted octanol–water partition coefficient (Wildman–Crippen LogP) is 1.98. The second kappa shape index (κ2) is 6.74. The molecule has 28 heavy (non-hydrogen) atoms. The summed E-state index contributed by atoms with van der Waals surface area (Å²) in [6.07, 6.45) is 10.8. The highest BCUT2D eigenvalue weighted by Crippen LogP contribution is 2.38. The van der Waals surface area contributed by atoms with Gasteiger partial charge >= 0.3 is 5.69 Å². The summed E-state index contributed by atoms with van der Waals surface area (Å²) in [4.78, 5) is 27.1. The minimum atomic E-state index is -0.415. The molecule has 0 unspecified atom stereocenters. The van der Waals surface area contributed by atoms with E-state index in [1.165, 1.54) is 23.0 Å². The average molecular weight is 379 g/mol. The Kier molecular flexibility index (Phi) is 4.19. The lowest BCUT2D eigenvalue weighted by Crippen LogP contribution is -2.36. The maximum Gasteiger partial charge on any atom is 0.333 e. The van der Waals surface area contributed by atoms with E-state index in [0.29, 0.717) is 23.2 Å². The number of nitrogens with zero attached hydrogens (tertiary/aromatic N) is 3. The molecule has 4 heterocycles. The topological polar surface area (TPSA) is 84.2 Å². The number of pyridine rings is 1. The third-order valence-electron chi connectivity index (χ3n) is 6.07. The molecule has 1 saturated heterocycles. The molecular weight excluding hydrogens is 354 g/mol. The molecule has 3 aromatic heterocycles. The number of aromatic amines is 1. The fourth-order valence-corrected chi connectivity index (χ4v) is 4.43. The lowest BCUT2D eigenvalue weighted by Gasteiger charge is -2.28. The smallest absolute Gasteiger partial charge is 0.314 e. The van der Waals surface area contributed by atoms with Crippen molar-refractivity contribution in [3.63, 3.8) is 0 Å². The molecule has 0 amide bonds. The first-order valence-electron chi connectivity index (χ1n) is 10.1. The van der Waals surface area contributed by atoms with Gasteiger partial charge in [-0.15, -0.1) is 0 Å². The van der Waals surface area contributed by atoms with E-state index >= 15 is 0 Å². The van der Waals surface area contributed by atoms with Crippen LogP contribution in [0.25, 0.3) is 11.2 Å².